The highest BCUT2D eigenvalue weighted by molar-refractivity contribution is 9.09. The van der Waals surface area contributed by atoms with Gasteiger partial charge in [0.05, 0.1) is 0 Å². The van der Waals surface area contributed by atoms with E-state index in [9.17, 15) is 4.39 Å². The average molecular weight is 217 g/mol. The van der Waals surface area contributed by atoms with Crippen LogP contribution in [0.25, 0.3) is 0 Å². The Kier molecular flexibility index (Phi) is 3.06. The molecule has 2 heteroatoms. The molecular formula is C9H10BrF. The second-order valence-electron chi connectivity index (χ2n) is 2.47. The number of hydrogen-bond donors (Lipinski definition) is 0. The Morgan fingerprint density at radius 2 is 2.18 bits per heavy atom. The molecule has 0 saturated heterocycles. The van der Waals surface area contributed by atoms with Gasteiger partial charge in [-0.2, -0.15) is 0 Å². The largest absolute Gasteiger partial charge is 0.207 e. The first-order chi connectivity index (χ1) is 5.25. The zero-order chi connectivity index (χ0) is 8.27. The first kappa shape index (κ1) is 8.72. The summed E-state index contributed by atoms with van der Waals surface area (Å²) < 4.78 is 13.0. The SMILES string of the molecule is Cc1cccc(F)c1CCBr. The van der Waals surface area contributed by atoms with Gasteiger partial charge in [-0.1, -0.05) is 28.1 Å². The predicted octanol–water partition coefficient (Wildman–Crippen LogP) is 3.07. The van der Waals surface area contributed by atoms with E-state index >= 15 is 0 Å². The number of hydrogen-bond acceptors (Lipinski definition) is 0. The van der Waals surface area contributed by atoms with Crippen molar-refractivity contribution in [3.63, 3.8) is 0 Å². The van der Waals surface area contributed by atoms with Gasteiger partial charge in [0, 0.05) is 5.33 Å². The molecule has 0 heterocycles. The van der Waals surface area contributed by atoms with Gasteiger partial charge in [-0.15, -0.1) is 0 Å². The molecule has 0 spiro atoms. The summed E-state index contributed by atoms with van der Waals surface area (Å²) in [5.74, 6) is -0.0931. The van der Waals surface area contributed by atoms with E-state index in [1.165, 1.54) is 6.07 Å². The minimum absolute atomic E-state index is 0.0931. The lowest BCUT2D eigenvalue weighted by Crippen LogP contribution is -1.94. The third kappa shape index (κ3) is 2.03. The summed E-state index contributed by atoms with van der Waals surface area (Å²) in [5.41, 5.74) is 1.86. The fourth-order valence-electron chi connectivity index (χ4n) is 1.08. The summed E-state index contributed by atoms with van der Waals surface area (Å²) in [6, 6.07) is 5.18. The molecule has 60 valence electrons. The fraction of sp³-hybridized carbons (Fsp3) is 0.333. The van der Waals surface area contributed by atoms with Crippen molar-refractivity contribution in [3.8, 4) is 0 Å². The van der Waals surface area contributed by atoms with Gasteiger partial charge in [0.1, 0.15) is 5.82 Å². The maximum atomic E-state index is 13.0. The van der Waals surface area contributed by atoms with Gasteiger partial charge in [-0.3, -0.25) is 0 Å². The quantitative estimate of drug-likeness (QED) is 0.668. The van der Waals surface area contributed by atoms with Gasteiger partial charge in [-0.05, 0) is 30.5 Å². The highest BCUT2D eigenvalue weighted by Crippen LogP contribution is 2.13. The molecule has 1 aromatic rings. The lowest BCUT2D eigenvalue weighted by molar-refractivity contribution is 0.611. The number of rotatable bonds is 2. The monoisotopic (exact) mass is 216 g/mol. The fourth-order valence-corrected chi connectivity index (χ4v) is 1.47. The molecule has 0 unspecified atom stereocenters. The summed E-state index contributed by atoms with van der Waals surface area (Å²) in [7, 11) is 0. The molecule has 0 saturated carbocycles. The van der Waals surface area contributed by atoms with Crippen LogP contribution in [0, 0.1) is 12.7 Å². The third-order valence-electron chi connectivity index (χ3n) is 1.70. The van der Waals surface area contributed by atoms with Crippen LogP contribution in [0.1, 0.15) is 11.1 Å². The standard InChI is InChI=1S/C9H10BrF/c1-7-3-2-4-9(11)8(7)5-6-10/h2-4H,5-6H2,1H3. The molecule has 0 radical (unpaired) electrons. The van der Waals surface area contributed by atoms with E-state index in [1.54, 1.807) is 6.07 Å². The zero-order valence-electron chi connectivity index (χ0n) is 6.40. The molecule has 0 aromatic heterocycles. The van der Waals surface area contributed by atoms with Gasteiger partial charge in [0.2, 0.25) is 0 Å². The highest BCUT2D eigenvalue weighted by atomic mass is 79.9. The normalized spacial score (nSPS) is 10.1. The Labute approximate surface area is 74.6 Å². The second kappa shape index (κ2) is 3.86. The molecule has 0 N–H and O–H groups in total. The smallest absolute Gasteiger partial charge is 0.126 e. The Morgan fingerprint density at radius 3 is 2.73 bits per heavy atom. The van der Waals surface area contributed by atoms with Gasteiger partial charge in [0.25, 0.3) is 0 Å². The zero-order valence-corrected chi connectivity index (χ0v) is 7.99. The Balaban J connectivity index is 3.00. The number of aryl methyl sites for hydroxylation is 1. The van der Waals surface area contributed by atoms with E-state index in [0.29, 0.717) is 0 Å². The van der Waals surface area contributed by atoms with Crippen LogP contribution in [0.2, 0.25) is 0 Å². The average Bonchev–Trinajstić information content (AvgIpc) is 1.97. The van der Waals surface area contributed by atoms with E-state index in [1.807, 2.05) is 13.0 Å². The van der Waals surface area contributed by atoms with Gasteiger partial charge in [0.15, 0.2) is 0 Å². The highest BCUT2D eigenvalue weighted by Gasteiger charge is 2.02. The van der Waals surface area contributed by atoms with Crippen molar-refractivity contribution in [2.75, 3.05) is 5.33 Å². The third-order valence-corrected chi connectivity index (χ3v) is 2.09. The van der Waals surface area contributed by atoms with Crippen molar-refractivity contribution in [2.45, 2.75) is 13.3 Å². The van der Waals surface area contributed by atoms with Gasteiger partial charge in [-0.25, -0.2) is 4.39 Å². The van der Waals surface area contributed by atoms with Crippen LogP contribution in [0.4, 0.5) is 4.39 Å². The van der Waals surface area contributed by atoms with Crippen molar-refractivity contribution >= 4 is 15.9 Å². The van der Waals surface area contributed by atoms with Crippen LogP contribution in [0.3, 0.4) is 0 Å². The van der Waals surface area contributed by atoms with Gasteiger partial charge >= 0.3 is 0 Å². The number of halogens is 2. The lowest BCUT2D eigenvalue weighted by atomic mass is 10.1. The molecule has 0 atom stereocenters. The van der Waals surface area contributed by atoms with E-state index in [4.69, 9.17) is 0 Å². The molecule has 0 fully saturated rings. The first-order valence-electron chi connectivity index (χ1n) is 3.55. The molecule has 1 rings (SSSR count). The summed E-state index contributed by atoms with van der Waals surface area (Å²) in [4.78, 5) is 0. The Bertz CT molecular complexity index is 225. The summed E-state index contributed by atoms with van der Waals surface area (Å²) in [5, 5.41) is 0.814. The molecule has 0 aliphatic rings. The number of alkyl halides is 1. The van der Waals surface area contributed by atoms with Crippen molar-refractivity contribution in [1.82, 2.24) is 0 Å². The van der Waals surface area contributed by atoms with Crippen LogP contribution in [-0.2, 0) is 6.42 Å². The Hall–Kier alpha value is -0.370. The molecule has 0 aliphatic carbocycles. The van der Waals surface area contributed by atoms with Crippen LogP contribution in [0.15, 0.2) is 18.2 Å². The maximum Gasteiger partial charge on any atom is 0.126 e. The number of benzene rings is 1. The van der Waals surface area contributed by atoms with E-state index in [0.717, 1.165) is 22.9 Å². The molecular weight excluding hydrogens is 207 g/mol. The van der Waals surface area contributed by atoms with Crippen LogP contribution < -0.4 is 0 Å². The molecule has 0 amide bonds. The van der Waals surface area contributed by atoms with Crippen molar-refractivity contribution in [1.29, 1.82) is 0 Å². The maximum absolute atomic E-state index is 13.0. The Morgan fingerprint density at radius 1 is 1.45 bits per heavy atom. The van der Waals surface area contributed by atoms with Crippen LogP contribution in [-0.4, -0.2) is 5.33 Å². The van der Waals surface area contributed by atoms with E-state index in [-0.39, 0.29) is 5.82 Å². The van der Waals surface area contributed by atoms with Crippen molar-refractivity contribution in [3.05, 3.63) is 35.1 Å². The molecule has 0 nitrogen and oxygen atoms in total. The summed E-state index contributed by atoms with van der Waals surface area (Å²) >= 11 is 3.29. The molecule has 0 aliphatic heterocycles. The van der Waals surface area contributed by atoms with E-state index in [2.05, 4.69) is 15.9 Å². The first-order valence-corrected chi connectivity index (χ1v) is 4.68. The molecule has 11 heavy (non-hydrogen) atoms. The minimum atomic E-state index is -0.0931. The topological polar surface area (TPSA) is 0 Å². The summed E-state index contributed by atoms with van der Waals surface area (Å²) in [6.07, 6.45) is 0.762. The van der Waals surface area contributed by atoms with Gasteiger partial charge < -0.3 is 0 Å². The minimum Gasteiger partial charge on any atom is -0.207 e. The molecule has 0 bridgehead atoms. The van der Waals surface area contributed by atoms with E-state index < -0.39 is 0 Å². The predicted molar refractivity (Wildman–Crippen MR) is 48.6 cm³/mol. The van der Waals surface area contributed by atoms with Crippen molar-refractivity contribution in [2.24, 2.45) is 0 Å². The summed E-state index contributed by atoms with van der Waals surface area (Å²) in [6.45, 7) is 1.93. The van der Waals surface area contributed by atoms with Crippen molar-refractivity contribution < 1.29 is 4.39 Å². The van der Waals surface area contributed by atoms with Crippen LogP contribution >= 0.6 is 15.9 Å². The van der Waals surface area contributed by atoms with Crippen LogP contribution in [0.5, 0.6) is 0 Å². The lowest BCUT2D eigenvalue weighted by Gasteiger charge is -2.03. The molecule has 1 aromatic carbocycles. The second-order valence-corrected chi connectivity index (χ2v) is 3.27.